The molecule has 5 nitrogen and oxygen atoms in total. The normalized spacial score (nSPS) is 15.6. The number of hydrogen-bond acceptors (Lipinski definition) is 6. The van der Waals surface area contributed by atoms with E-state index in [9.17, 15) is 14.7 Å². The van der Waals surface area contributed by atoms with Crippen molar-refractivity contribution in [3.63, 3.8) is 0 Å². The maximum Gasteiger partial charge on any atom is 0.338 e. The van der Waals surface area contributed by atoms with Crippen molar-refractivity contribution < 1.29 is 19.4 Å². The molecule has 1 aliphatic rings. The van der Waals surface area contributed by atoms with E-state index in [0.717, 1.165) is 5.56 Å². The van der Waals surface area contributed by atoms with E-state index in [2.05, 4.69) is 0 Å². The van der Waals surface area contributed by atoms with Crippen LogP contribution in [0, 0.1) is 0 Å². The minimum Gasteiger partial charge on any atom is -0.508 e. The number of thioether (sulfide) groups is 1. The molecule has 0 bridgehead atoms. The molecule has 1 N–H and O–H groups in total. The Morgan fingerprint density at radius 2 is 1.85 bits per heavy atom. The summed E-state index contributed by atoms with van der Waals surface area (Å²) < 4.78 is 5.37. The van der Waals surface area contributed by atoms with E-state index in [-0.39, 0.29) is 11.7 Å². The number of ether oxygens (including phenoxy) is 1. The predicted molar refractivity (Wildman–Crippen MR) is 106 cm³/mol. The number of thiocarbonyl (C=S) groups is 1. The van der Waals surface area contributed by atoms with Crippen LogP contribution in [0.2, 0.25) is 0 Å². The zero-order valence-corrected chi connectivity index (χ0v) is 15.5. The van der Waals surface area contributed by atoms with Gasteiger partial charge in [-0.05, 0) is 55.0 Å². The monoisotopic (exact) mass is 385 g/mol. The third-order valence-electron chi connectivity index (χ3n) is 3.62. The quantitative estimate of drug-likeness (QED) is 0.488. The molecule has 3 rings (SSSR count). The molecule has 132 valence electrons. The number of carbonyl (C=O) groups is 2. The molecular formula is C19H15NO4S2. The van der Waals surface area contributed by atoms with Crippen LogP contribution in [0.1, 0.15) is 22.8 Å². The van der Waals surface area contributed by atoms with Gasteiger partial charge in [0.25, 0.3) is 5.91 Å². The highest BCUT2D eigenvalue weighted by Crippen LogP contribution is 2.36. The Bertz CT molecular complexity index is 889. The van der Waals surface area contributed by atoms with Gasteiger partial charge in [0, 0.05) is 0 Å². The lowest BCUT2D eigenvalue weighted by atomic mass is 10.2. The van der Waals surface area contributed by atoms with E-state index in [0.29, 0.717) is 27.1 Å². The van der Waals surface area contributed by atoms with E-state index in [1.807, 2.05) is 0 Å². The van der Waals surface area contributed by atoms with Crippen molar-refractivity contribution >= 4 is 51.9 Å². The second-order valence-corrected chi connectivity index (χ2v) is 7.05. The van der Waals surface area contributed by atoms with Crippen molar-refractivity contribution in [2.24, 2.45) is 0 Å². The Labute approximate surface area is 160 Å². The highest BCUT2D eigenvalue weighted by atomic mass is 32.2. The van der Waals surface area contributed by atoms with E-state index >= 15 is 0 Å². The van der Waals surface area contributed by atoms with Gasteiger partial charge >= 0.3 is 5.97 Å². The van der Waals surface area contributed by atoms with E-state index < -0.39 is 5.97 Å². The Morgan fingerprint density at radius 1 is 1.19 bits per heavy atom. The van der Waals surface area contributed by atoms with Crippen LogP contribution in [0.15, 0.2) is 53.4 Å². The Kier molecular flexibility index (Phi) is 5.39. The fourth-order valence-electron chi connectivity index (χ4n) is 2.37. The molecule has 1 aliphatic heterocycles. The Morgan fingerprint density at radius 3 is 2.46 bits per heavy atom. The molecule has 7 heteroatoms. The first kappa shape index (κ1) is 18.2. The first-order chi connectivity index (χ1) is 12.5. The van der Waals surface area contributed by atoms with Gasteiger partial charge in [0.15, 0.2) is 4.32 Å². The number of phenols is 1. The second kappa shape index (κ2) is 7.72. The highest BCUT2D eigenvalue weighted by molar-refractivity contribution is 8.27. The summed E-state index contributed by atoms with van der Waals surface area (Å²) in [5, 5.41) is 9.34. The molecular weight excluding hydrogens is 370 g/mol. The molecule has 0 unspecified atom stereocenters. The number of anilines is 1. The largest absolute Gasteiger partial charge is 0.508 e. The molecule has 2 aromatic rings. The third kappa shape index (κ3) is 3.79. The summed E-state index contributed by atoms with van der Waals surface area (Å²) in [6.07, 6.45) is 1.73. The van der Waals surface area contributed by atoms with E-state index in [1.54, 1.807) is 61.5 Å². The van der Waals surface area contributed by atoms with Gasteiger partial charge in [-0.15, -0.1) is 0 Å². The number of carbonyl (C=O) groups excluding carboxylic acids is 2. The predicted octanol–water partition coefficient (Wildman–Crippen LogP) is 3.97. The molecule has 0 spiro atoms. The summed E-state index contributed by atoms with van der Waals surface area (Å²) in [5.41, 5.74) is 1.80. The SMILES string of the molecule is CCOC(=O)c1ccc(N2C(=O)/C(=C\c3ccc(O)cc3)SC2=S)cc1. The molecule has 1 fully saturated rings. The number of hydrogen-bond donors (Lipinski definition) is 1. The molecule has 0 aliphatic carbocycles. The summed E-state index contributed by atoms with van der Waals surface area (Å²) in [5.74, 6) is -0.468. The average Bonchev–Trinajstić information content (AvgIpc) is 2.91. The maximum absolute atomic E-state index is 12.7. The van der Waals surface area contributed by atoms with Crippen LogP contribution >= 0.6 is 24.0 Å². The topological polar surface area (TPSA) is 66.8 Å². The van der Waals surface area contributed by atoms with Crippen molar-refractivity contribution in [3.8, 4) is 5.75 Å². The van der Waals surface area contributed by atoms with E-state index in [4.69, 9.17) is 17.0 Å². The lowest BCUT2D eigenvalue weighted by Gasteiger charge is -2.14. The van der Waals surface area contributed by atoms with Crippen LogP contribution in [0.25, 0.3) is 6.08 Å². The zero-order chi connectivity index (χ0) is 18.7. The highest BCUT2D eigenvalue weighted by Gasteiger charge is 2.33. The molecule has 0 radical (unpaired) electrons. The van der Waals surface area contributed by atoms with Crippen molar-refractivity contribution in [2.45, 2.75) is 6.92 Å². The first-order valence-corrected chi connectivity index (χ1v) is 9.06. The molecule has 0 atom stereocenters. The van der Waals surface area contributed by atoms with Gasteiger partial charge in [0.1, 0.15) is 5.75 Å². The standard InChI is InChI=1S/C19H15NO4S2/c1-2-24-18(23)13-5-7-14(8-6-13)20-17(22)16(26-19(20)25)11-12-3-9-15(21)10-4-12/h3-11,21H,2H2,1H3/b16-11+. The fourth-order valence-corrected chi connectivity index (χ4v) is 3.67. The van der Waals surface area contributed by atoms with Gasteiger partial charge in [-0.2, -0.15) is 0 Å². The molecule has 0 aromatic heterocycles. The van der Waals surface area contributed by atoms with Crippen molar-refractivity contribution in [3.05, 3.63) is 64.6 Å². The fraction of sp³-hybridized carbons (Fsp3) is 0.105. The summed E-state index contributed by atoms with van der Waals surface area (Å²) in [6.45, 7) is 2.05. The maximum atomic E-state index is 12.7. The number of esters is 1. The van der Waals surface area contributed by atoms with Crippen molar-refractivity contribution in [1.82, 2.24) is 0 Å². The first-order valence-electron chi connectivity index (χ1n) is 7.84. The average molecular weight is 385 g/mol. The number of phenolic OH excluding ortho intramolecular Hbond substituents is 1. The van der Waals surface area contributed by atoms with Crippen LogP contribution in [-0.2, 0) is 9.53 Å². The minimum atomic E-state index is -0.406. The van der Waals surface area contributed by atoms with Gasteiger partial charge in [-0.1, -0.05) is 36.1 Å². The third-order valence-corrected chi connectivity index (χ3v) is 4.92. The van der Waals surface area contributed by atoms with Crippen molar-refractivity contribution in [1.29, 1.82) is 0 Å². The van der Waals surface area contributed by atoms with Crippen LogP contribution in [0.4, 0.5) is 5.69 Å². The molecule has 1 saturated heterocycles. The summed E-state index contributed by atoms with van der Waals surface area (Å²) in [6, 6.07) is 13.1. The molecule has 26 heavy (non-hydrogen) atoms. The van der Waals surface area contributed by atoms with Crippen LogP contribution in [0.3, 0.4) is 0 Å². The van der Waals surface area contributed by atoms with Crippen LogP contribution in [0.5, 0.6) is 5.75 Å². The Balaban J connectivity index is 1.83. The van der Waals surface area contributed by atoms with Gasteiger partial charge < -0.3 is 9.84 Å². The zero-order valence-electron chi connectivity index (χ0n) is 13.8. The number of amides is 1. The van der Waals surface area contributed by atoms with Gasteiger partial charge in [-0.25, -0.2) is 4.79 Å². The van der Waals surface area contributed by atoms with Crippen molar-refractivity contribution in [2.75, 3.05) is 11.5 Å². The van der Waals surface area contributed by atoms with Gasteiger partial charge in [0.05, 0.1) is 22.8 Å². The second-order valence-electron chi connectivity index (χ2n) is 5.38. The Hall–Kier alpha value is -2.64. The summed E-state index contributed by atoms with van der Waals surface area (Å²) >= 11 is 6.54. The molecule has 1 amide bonds. The smallest absolute Gasteiger partial charge is 0.338 e. The number of nitrogens with zero attached hydrogens (tertiary/aromatic N) is 1. The summed E-state index contributed by atoms with van der Waals surface area (Å²) in [4.78, 5) is 26.4. The summed E-state index contributed by atoms with van der Waals surface area (Å²) in [7, 11) is 0. The molecule has 1 heterocycles. The lowest BCUT2D eigenvalue weighted by Crippen LogP contribution is -2.27. The minimum absolute atomic E-state index is 0.163. The number of rotatable bonds is 4. The van der Waals surface area contributed by atoms with Crippen LogP contribution < -0.4 is 4.90 Å². The number of aromatic hydroxyl groups is 1. The number of benzene rings is 2. The van der Waals surface area contributed by atoms with Crippen LogP contribution in [-0.4, -0.2) is 27.9 Å². The van der Waals surface area contributed by atoms with Gasteiger partial charge in [0.2, 0.25) is 0 Å². The van der Waals surface area contributed by atoms with E-state index in [1.165, 1.54) is 16.7 Å². The molecule has 0 saturated carbocycles. The van der Waals surface area contributed by atoms with Gasteiger partial charge in [-0.3, -0.25) is 9.69 Å². The molecule has 2 aromatic carbocycles. The lowest BCUT2D eigenvalue weighted by molar-refractivity contribution is -0.113.